The molecule has 0 aliphatic rings. The van der Waals surface area contributed by atoms with E-state index < -0.39 is 0 Å². The first-order valence-corrected chi connectivity index (χ1v) is 6.97. The van der Waals surface area contributed by atoms with Crippen LogP contribution in [0, 0.1) is 5.82 Å². The Kier molecular flexibility index (Phi) is 3.40. The lowest BCUT2D eigenvalue weighted by atomic mass is 9.99. The van der Waals surface area contributed by atoms with Gasteiger partial charge in [0.25, 0.3) is 0 Å². The van der Waals surface area contributed by atoms with Gasteiger partial charge in [0.2, 0.25) is 0 Å². The first-order valence-electron chi connectivity index (χ1n) is 6.18. The topological polar surface area (TPSA) is 17.8 Å². The second-order valence-electron chi connectivity index (χ2n) is 4.56. The SMILES string of the molecule is Cn1ccnc1-c1cc(F)ccc1-c1cccc(Br)c1. The third-order valence-electron chi connectivity index (χ3n) is 3.18. The van der Waals surface area contributed by atoms with Gasteiger partial charge in [-0.3, -0.25) is 0 Å². The Balaban J connectivity index is 2.24. The highest BCUT2D eigenvalue weighted by Crippen LogP contribution is 2.32. The lowest BCUT2D eigenvalue weighted by molar-refractivity contribution is 0.628. The second kappa shape index (κ2) is 5.21. The number of benzene rings is 2. The third-order valence-corrected chi connectivity index (χ3v) is 3.67. The number of aromatic nitrogens is 2. The summed E-state index contributed by atoms with van der Waals surface area (Å²) in [4.78, 5) is 4.32. The maximum atomic E-state index is 13.6. The molecule has 1 heterocycles. The van der Waals surface area contributed by atoms with Crippen molar-refractivity contribution < 1.29 is 4.39 Å². The van der Waals surface area contributed by atoms with E-state index in [9.17, 15) is 4.39 Å². The minimum atomic E-state index is -0.262. The molecule has 0 N–H and O–H groups in total. The van der Waals surface area contributed by atoms with Crippen molar-refractivity contribution >= 4 is 15.9 Å². The zero-order valence-corrected chi connectivity index (χ0v) is 12.4. The molecule has 2 aromatic carbocycles. The zero-order chi connectivity index (χ0) is 14.1. The molecule has 0 radical (unpaired) electrons. The summed E-state index contributed by atoms with van der Waals surface area (Å²) in [5.41, 5.74) is 2.77. The molecule has 20 heavy (non-hydrogen) atoms. The van der Waals surface area contributed by atoms with E-state index in [1.807, 2.05) is 42.1 Å². The monoisotopic (exact) mass is 330 g/mol. The molecule has 0 atom stereocenters. The molecule has 0 saturated carbocycles. The highest BCUT2D eigenvalue weighted by atomic mass is 79.9. The molecule has 1 aromatic heterocycles. The van der Waals surface area contributed by atoms with E-state index in [-0.39, 0.29) is 5.82 Å². The molecule has 0 bridgehead atoms. The van der Waals surface area contributed by atoms with Crippen molar-refractivity contribution in [2.45, 2.75) is 0 Å². The molecule has 0 amide bonds. The fraction of sp³-hybridized carbons (Fsp3) is 0.0625. The Labute approximate surface area is 125 Å². The number of halogens is 2. The van der Waals surface area contributed by atoms with Gasteiger partial charge < -0.3 is 4.57 Å². The van der Waals surface area contributed by atoms with Gasteiger partial charge in [0.05, 0.1) is 0 Å². The van der Waals surface area contributed by atoms with Gasteiger partial charge in [-0.1, -0.05) is 34.1 Å². The number of hydrogen-bond donors (Lipinski definition) is 0. The first kappa shape index (κ1) is 13.1. The van der Waals surface area contributed by atoms with Crippen LogP contribution in [0.3, 0.4) is 0 Å². The molecule has 100 valence electrons. The van der Waals surface area contributed by atoms with Crippen LogP contribution in [-0.4, -0.2) is 9.55 Å². The summed E-state index contributed by atoms with van der Waals surface area (Å²) in [5.74, 6) is 0.487. The summed E-state index contributed by atoms with van der Waals surface area (Å²) in [6.45, 7) is 0. The molecule has 4 heteroatoms. The number of aryl methyl sites for hydroxylation is 1. The van der Waals surface area contributed by atoms with Crippen molar-refractivity contribution in [2.24, 2.45) is 7.05 Å². The summed E-state index contributed by atoms with van der Waals surface area (Å²) < 4.78 is 16.5. The predicted octanol–water partition coefficient (Wildman–Crippen LogP) is 4.66. The molecule has 0 spiro atoms. The van der Waals surface area contributed by atoms with Crippen LogP contribution < -0.4 is 0 Å². The summed E-state index contributed by atoms with van der Waals surface area (Å²) in [6, 6.07) is 12.7. The smallest absolute Gasteiger partial charge is 0.140 e. The van der Waals surface area contributed by atoms with Crippen LogP contribution in [0.4, 0.5) is 4.39 Å². The summed E-state index contributed by atoms with van der Waals surface area (Å²) >= 11 is 3.47. The van der Waals surface area contributed by atoms with Gasteiger partial charge in [0.1, 0.15) is 11.6 Å². The Bertz CT molecular complexity index is 765. The first-order chi connectivity index (χ1) is 9.65. The van der Waals surface area contributed by atoms with Crippen LogP contribution in [0.25, 0.3) is 22.5 Å². The highest BCUT2D eigenvalue weighted by molar-refractivity contribution is 9.10. The van der Waals surface area contributed by atoms with Crippen LogP contribution in [0.5, 0.6) is 0 Å². The second-order valence-corrected chi connectivity index (χ2v) is 5.48. The van der Waals surface area contributed by atoms with Crippen LogP contribution in [-0.2, 0) is 7.05 Å². The molecule has 0 unspecified atom stereocenters. The zero-order valence-electron chi connectivity index (χ0n) is 10.8. The van der Waals surface area contributed by atoms with E-state index in [1.54, 1.807) is 12.3 Å². The molecule has 2 nitrogen and oxygen atoms in total. The predicted molar refractivity (Wildman–Crippen MR) is 81.7 cm³/mol. The van der Waals surface area contributed by atoms with E-state index >= 15 is 0 Å². The minimum absolute atomic E-state index is 0.262. The Morgan fingerprint density at radius 1 is 1.10 bits per heavy atom. The Morgan fingerprint density at radius 3 is 2.65 bits per heavy atom. The highest BCUT2D eigenvalue weighted by Gasteiger charge is 2.12. The number of nitrogens with zero attached hydrogens (tertiary/aromatic N) is 2. The average molecular weight is 331 g/mol. The molecular formula is C16H12BrFN2. The number of hydrogen-bond acceptors (Lipinski definition) is 1. The Morgan fingerprint density at radius 2 is 1.95 bits per heavy atom. The van der Waals surface area contributed by atoms with Crippen molar-refractivity contribution in [3.05, 3.63) is 65.1 Å². The molecule has 0 fully saturated rings. The normalized spacial score (nSPS) is 10.8. The van der Waals surface area contributed by atoms with E-state index in [0.717, 1.165) is 27.0 Å². The molecule has 0 aliphatic heterocycles. The summed E-state index contributed by atoms with van der Waals surface area (Å²) in [6.07, 6.45) is 3.57. The maximum Gasteiger partial charge on any atom is 0.140 e. The van der Waals surface area contributed by atoms with Gasteiger partial charge in [-0.2, -0.15) is 0 Å². The fourth-order valence-electron chi connectivity index (χ4n) is 2.23. The van der Waals surface area contributed by atoms with Crippen molar-refractivity contribution in [1.29, 1.82) is 0 Å². The van der Waals surface area contributed by atoms with Gasteiger partial charge in [-0.05, 0) is 35.4 Å². The molecule has 0 saturated heterocycles. The fourth-order valence-corrected chi connectivity index (χ4v) is 2.63. The van der Waals surface area contributed by atoms with Crippen LogP contribution in [0.15, 0.2) is 59.3 Å². The molecule has 3 rings (SSSR count). The maximum absolute atomic E-state index is 13.6. The largest absolute Gasteiger partial charge is 0.334 e. The quantitative estimate of drug-likeness (QED) is 0.668. The van der Waals surface area contributed by atoms with E-state index in [4.69, 9.17) is 0 Å². The molecule has 0 aliphatic carbocycles. The Hall–Kier alpha value is -1.94. The van der Waals surface area contributed by atoms with E-state index in [1.165, 1.54) is 12.1 Å². The lowest BCUT2D eigenvalue weighted by Crippen LogP contribution is -1.95. The summed E-state index contributed by atoms with van der Waals surface area (Å²) in [7, 11) is 1.90. The van der Waals surface area contributed by atoms with Crippen molar-refractivity contribution in [1.82, 2.24) is 9.55 Å². The minimum Gasteiger partial charge on any atom is -0.334 e. The summed E-state index contributed by atoms with van der Waals surface area (Å²) in [5, 5.41) is 0. The van der Waals surface area contributed by atoms with Gasteiger partial charge >= 0.3 is 0 Å². The molecular weight excluding hydrogens is 319 g/mol. The van der Waals surface area contributed by atoms with E-state index in [2.05, 4.69) is 20.9 Å². The van der Waals surface area contributed by atoms with Gasteiger partial charge in [-0.15, -0.1) is 0 Å². The van der Waals surface area contributed by atoms with Crippen molar-refractivity contribution in [3.63, 3.8) is 0 Å². The number of rotatable bonds is 2. The standard InChI is InChI=1S/C16H12BrFN2/c1-20-8-7-19-16(20)15-10-13(18)5-6-14(15)11-3-2-4-12(17)9-11/h2-10H,1H3. The van der Waals surface area contributed by atoms with E-state index in [0.29, 0.717) is 0 Å². The van der Waals surface area contributed by atoms with Crippen molar-refractivity contribution in [3.8, 4) is 22.5 Å². The average Bonchev–Trinajstić information content (AvgIpc) is 2.85. The third kappa shape index (κ3) is 2.39. The molecule has 3 aromatic rings. The lowest BCUT2D eigenvalue weighted by Gasteiger charge is -2.10. The van der Waals surface area contributed by atoms with Crippen LogP contribution in [0.1, 0.15) is 0 Å². The van der Waals surface area contributed by atoms with Gasteiger partial charge in [-0.25, -0.2) is 9.37 Å². The van der Waals surface area contributed by atoms with Crippen LogP contribution >= 0.6 is 15.9 Å². The van der Waals surface area contributed by atoms with Gasteiger partial charge in [0, 0.05) is 29.5 Å². The van der Waals surface area contributed by atoms with Crippen LogP contribution in [0.2, 0.25) is 0 Å². The van der Waals surface area contributed by atoms with Gasteiger partial charge in [0.15, 0.2) is 0 Å². The number of imidazole rings is 1. The van der Waals surface area contributed by atoms with Crippen molar-refractivity contribution in [2.75, 3.05) is 0 Å².